The van der Waals surface area contributed by atoms with Crippen molar-refractivity contribution in [3.8, 4) is 0 Å². The van der Waals surface area contributed by atoms with Crippen LogP contribution in [0, 0.1) is 13.8 Å². The van der Waals surface area contributed by atoms with Crippen molar-refractivity contribution in [2.24, 2.45) is 5.73 Å². The quantitative estimate of drug-likeness (QED) is 0.836. The molecule has 2 rings (SSSR count). The van der Waals surface area contributed by atoms with Gasteiger partial charge in [0.15, 0.2) is 0 Å². The van der Waals surface area contributed by atoms with E-state index >= 15 is 0 Å². The third-order valence-electron chi connectivity index (χ3n) is 2.98. The van der Waals surface area contributed by atoms with Crippen LogP contribution in [-0.4, -0.2) is 4.57 Å². The second kappa shape index (κ2) is 4.54. The third-order valence-corrected chi connectivity index (χ3v) is 2.98. The summed E-state index contributed by atoms with van der Waals surface area (Å²) >= 11 is 0. The van der Waals surface area contributed by atoms with E-state index in [4.69, 9.17) is 5.73 Å². The summed E-state index contributed by atoms with van der Waals surface area (Å²) in [6, 6.07) is 10.7. The molecule has 0 bridgehead atoms. The molecule has 0 aliphatic carbocycles. The Kier molecular flexibility index (Phi) is 3.11. The van der Waals surface area contributed by atoms with Gasteiger partial charge >= 0.3 is 0 Å². The Morgan fingerprint density at radius 2 is 2.00 bits per heavy atom. The molecule has 0 radical (unpaired) electrons. The van der Waals surface area contributed by atoms with E-state index in [1.54, 1.807) is 0 Å². The highest BCUT2D eigenvalue weighted by molar-refractivity contribution is 5.31. The monoisotopic (exact) mass is 214 g/mol. The number of hydrogen-bond donors (Lipinski definition) is 1. The lowest BCUT2D eigenvalue weighted by Crippen LogP contribution is -2.08. The highest BCUT2D eigenvalue weighted by atomic mass is 15.0. The Morgan fingerprint density at radius 3 is 2.75 bits per heavy atom. The van der Waals surface area contributed by atoms with E-state index in [2.05, 4.69) is 48.9 Å². The standard InChI is InChI=1S/C14H18N2/c1-11-5-6-12(2)13(8-11)10-16-7-3-4-14(16)9-15/h3-8H,9-10,15H2,1-2H3. The Labute approximate surface area is 96.7 Å². The van der Waals surface area contributed by atoms with Crippen LogP contribution in [-0.2, 0) is 13.1 Å². The SMILES string of the molecule is Cc1ccc(C)c(Cn2cccc2CN)c1. The normalized spacial score (nSPS) is 10.7. The smallest absolute Gasteiger partial charge is 0.0476 e. The van der Waals surface area contributed by atoms with Gasteiger partial charge in [-0.1, -0.05) is 23.8 Å². The molecule has 2 nitrogen and oxygen atoms in total. The van der Waals surface area contributed by atoms with Gasteiger partial charge in [0.25, 0.3) is 0 Å². The molecule has 16 heavy (non-hydrogen) atoms. The van der Waals surface area contributed by atoms with Gasteiger partial charge in [0, 0.05) is 25.0 Å². The molecule has 0 spiro atoms. The van der Waals surface area contributed by atoms with Crippen molar-refractivity contribution in [2.45, 2.75) is 26.9 Å². The van der Waals surface area contributed by atoms with Crippen LogP contribution in [0.25, 0.3) is 0 Å². The molecule has 0 atom stereocenters. The lowest BCUT2D eigenvalue weighted by Gasteiger charge is -2.11. The third kappa shape index (κ3) is 2.17. The minimum atomic E-state index is 0.595. The zero-order valence-corrected chi connectivity index (χ0v) is 9.90. The molecule has 2 N–H and O–H groups in total. The number of nitrogens with zero attached hydrogens (tertiary/aromatic N) is 1. The van der Waals surface area contributed by atoms with Crippen molar-refractivity contribution in [3.05, 3.63) is 58.9 Å². The first kappa shape index (κ1) is 11.0. The molecule has 1 aromatic heterocycles. The summed E-state index contributed by atoms with van der Waals surface area (Å²) in [6.07, 6.45) is 2.09. The fraction of sp³-hybridized carbons (Fsp3) is 0.286. The Bertz CT molecular complexity index is 483. The molecule has 0 aliphatic rings. The van der Waals surface area contributed by atoms with Gasteiger partial charge in [0.2, 0.25) is 0 Å². The van der Waals surface area contributed by atoms with E-state index < -0.39 is 0 Å². The summed E-state index contributed by atoms with van der Waals surface area (Å²) in [4.78, 5) is 0. The molecule has 0 fully saturated rings. The average molecular weight is 214 g/mol. The van der Waals surface area contributed by atoms with Crippen molar-refractivity contribution in [2.75, 3.05) is 0 Å². The van der Waals surface area contributed by atoms with E-state index in [1.165, 1.54) is 22.4 Å². The number of aromatic nitrogens is 1. The van der Waals surface area contributed by atoms with Gasteiger partial charge < -0.3 is 10.3 Å². The molecule has 1 aromatic carbocycles. The molecule has 0 amide bonds. The van der Waals surface area contributed by atoms with Gasteiger partial charge in [-0.15, -0.1) is 0 Å². The highest BCUT2D eigenvalue weighted by Gasteiger charge is 2.02. The van der Waals surface area contributed by atoms with E-state index in [0.29, 0.717) is 6.54 Å². The second-order valence-electron chi connectivity index (χ2n) is 4.26. The summed E-state index contributed by atoms with van der Waals surface area (Å²) in [5, 5.41) is 0. The van der Waals surface area contributed by atoms with Crippen molar-refractivity contribution < 1.29 is 0 Å². The molecule has 0 aliphatic heterocycles. The molecular weight excluding hydrogens is 196 g/mol. The molecular formula is C14H18N2. The van der Waals surface area contributed by atoms with Crippen molar-refractivity contribution >= 4 is 0 Å². The van der Waals surface area contributed by atoms with E-state index in [1.807, 2.05) is 6.07 Å². The second-order valence-corrected chi connectivity index (χ2v) is 4.26. The fourth-order valence-corrected chi connectivity index (χ4v) is 1.94. The summed E-state index contributed by atoms with van der Waals surface area (Å²) in [5.74, 6) is 0. The predicted molar refractivity (Wildman–Crippen MR) is 67.3 cm³/mol. The number of hydrogen-bond acceptors (Lipinski definition) is 1. The maximum atomic E-state index is 5.70. The van der Waals surface area contributed by atoms with Gasteiger partial charge in [-0.25, -0.2) is 0 Å². The summed E-state index contributed by atoms with van der Waals surface area (Å²) < 4.78 is 2.21. The van der Waals surface area contributed by atoms with E-state index in [0.717, 1.165) is 6.54 Å². The lowest BCUT2D eigenvalue weighted by molar-refractivity contribution is 0.740. The first-order chi connectivity index (χ1) is 7.70. The van der Waals surface area contributed by atoms with Crippen molar-refractivity contribution in [1.29, 1.82) is 0 Å². The van der Waals surface area contributed by atoms with Crippen molar-refractivity contribution in [1.82, 2.24) is 4.57 Å². The summed E-state index contributed by atoms with van der Waals surface area (Å²) in [6.45, 7) is 5.79. The van der Waals surface area contributed by atoms with Crippen molar-refractivity contribution in [3.63, 3.8) is 0 Å². The van der Waals surface area contributed by atoms with Crippen LogP contribution < -0.4 is 5.73 Å². The highest BCUT2D eigenvalue weighted by Crippen LogP contribution is 2.14. The molecule has 2 aromatic rings. The number of nitrogens with two attached hydrogens (primary N) is 1. The number of benzene rings is 1. The van der Waals surface area contributed by atoms with Crippen LogP contribution in [0.2, 0.25) is 0 Å². The van der Waals surface area contributed by atoms with Crippen LogP contribution in [0.15, 0.2) is 36.5 Å². The predicted octanol–water partition coefficient (Wildman–Crippen LogP) is 2.61. The van der Waals surface area contributed by atoms with Gasteiger partial charge in [-0.05, 0) is 37.1 Å². The molecule has 0 saturated carbocycles. The topological polar surface area (TPSA) is 30.9 Å². The lowest BCUT2D eigenvalue weighted by atomic mass is 10.1. The minimum absolute atomic E-state index is 0.595. The molecule has 1 heterocycles. The molecule has 2 heteroatoms. The van der Waals surface area contributed by atoms with Crippen LogP contribution >= 0.6 is 0 Å². The number of rotatable bonds is 3. The summed E-state index contributed by atoms with van der Waals surface area (Å²) in [7, 11) is 0. The molecule has 0 unspecified atom stereocenters. The van der Waals surface area contributed by atoms with Gasteiger partial charge in [0.05, 0.1) is 0 Å². The largest absolute Gasteiger partial charge is 0.346 e. The Balaban J connectivity index is 2.30. The fourth-order valence-electron chi connectivity index (χ4n) is 1.94. The van der Waals surface area contributed by atoms with Crippen LogP contribution in [0.5, 0.6) is 0 Å². The Morgan fingerprint density at radius 1 is 1.19 bits per heavy atom. The molecule has 84 valence electrons. The first-order valence-corrected chi connectivity index (χ1v) is 5.61. The van der Waals surface area contributed by atoms with Gasteiger partial charge in [-0.2, -0.15) is 0 Å². The zero-order chi connectivity index (χ0) is 11.5. The summed E-state index contributed by atoms with van der Waals surface area (Å²) in [5.41, 5.74) is 10.9. The maximum Gasteiger partial charge on any atom is 0.0476 e. The van der Waals surface area contributed by atoms with E-state index in [9.17, 15) is 0 Å². The average Bonchev–Trinajstić information content (AvgIpc) is 2.71. The molecule has 0 saturated heterocycles. The maximum absolute atomic E-state index is 5.70. The van der Waals surface area contributed by atoms with Crippen LogP contribution in [0.4, 0.5) is 0 Å². The Hall–Kier alpha value is -1.54. The van der Waals surface area contributed by atoms with Crippen LogP contribution in [0.1, 0.15) is 22.4 Å². The van der Waals surface area contributed by atoms with Crippen LogP contribution in [0.3, 0.4) is 0 Å². The van der Waals surface area contributed by atoms with Gasteiger partial charge in [-0.3, -0.25) is 0 Å². The zero-order valence-electron chi connectivity index (χ0n) is 9.90. The van der Waals surface area contributed by atoms with E-state index in [-0.39, 0.29) is 0 Å². The first-order valence-electron chi connectivity index (χ1n) is 5.61. The number of aryl methyl sites for hydroxylation is 2. The van der Waals surface area contributed by atoms with Gasteiger partial charge in [0.1, 0.15) is 0 Å². The minimum Gasteiger partial charge on any atom is -0.346 e.